The Morgan fingerprint density at radius 3 is 2.26 bits per heavy atom. The molecule has 4 aromatic rings. The van der Waals surface area contributed by atoms with Gasteiger partial charge in [0.2, 0.25) is 0 Å². The predicted molar refractivity (Wildman–Crippen MR) is 130 cm³/mol. The second-order valence-corrected chi connectivity index (χ2v) is 8.07. The number of carbonyl (C=O) groups is 2. The van der Waals surface area contributed by atoms with E-state index in [1.165, 1.54) is 4.90 Å². The number of hydrogen-bond donors (Lipinski definition) is 0. The van der Waals surface area contributed by atoms with Crippen LogP contribution in [-0.2, 0) is 6.61 Å². The van der Waals surface area contributed by atoms with E-state index in [9.17, 15) is 9.59 Å². The third kappa shape index (κ3) is 3.72. The molecule has 5 nitrogen and oxygen atoms in total. The first-order chi connectivity index (χ1) is 16.6. The summed E-state index contributed by atoms with van der Waals surface area (Å²) >= 11 is 0. The van der Waals surface area contributed by atoms with Crippen molar-refractivity contribution in [3.05, 3.63) is 119 Å². The number of nitrogens with zero attached hydrogens (tertiary/aromatic N) is 2. The SMILES string of the molecule is Cc1c(-c2ccccc2)cccc1N1C(=O)c2ccc(OCc3ccc(C#N)cc3)cc2C1=O. The fourth-order valence-electron chi connectivity index (χ4n) is 4.17. The molecular weight excluding hydrogens is 424 g/mol. The number of ether oxygens (including phenoxy) is 1. The van der Waals surface area contributed by atoms with Crippen LogP contribution >= 0.6 is 0 Å². The Bertz CT molecular complexity index is 1450. The van der Waals surface area contributed by atoms with Crippen LogP contribution in [-0.4, -0.2) is 11.8 Å². The molecule has 0 aromatic heterocycles. The Morgan fingerprint density at radius 2 is 1.53 bits per heavy atom. The number of hydrogen-bond acceptors (Lipinski definition) is 4. The van der Waals surface area contributed by atoms with Crippen LogP contribution in [0.3, 0.4) is 0 Å². The lowest BCUT2D eigenvalue weighted by atomic mass is 9.99. The Morgan fingerprint density at radius 1 is 0.794 bits per heavy atom. The minimum absolute atomic E-state index is 0.286. The fraction of sp³-hybridized carbons (Fsp3) is 0.0690. The molecule has 1 aliphatic rings. The van der Waals surface area contributed by atoms with Crippen LogP contribution in [0.1, 0.15) is 37.4 Å². The van der Waals surface area contributed by atoms with Gasteiger partial charge in [0.1, 0.15) is 12.4 Å². The van der Waals surface area contributed by atoms with Crippen molar-refractivity contribution in [1.29, 1.82) is 5.26 Å². The van der Waals surface area contributed by atoms with Gasteiger partial charge in [-0.05, 0) is 65.6 Å². The van der Waals surface area contributed by atoms with Gasteiger partial charge < -0.3 is 4.74 Å². The largest absolute Gasteiger partial charge is 0.489 e. The van der Waals surface area contributed by atoms with Crippen molar-refractivity contribution >= 4 is 17.5 Å². The topological polar surface area (TPSA) is 70.4 Å². The minimum Gasteiger partial charge on any atom is -0.489 e. The van der Waals surface area contributed by atoms with E-state index in [1.807, 2.05) is 61.5 Å². The summed E-state index contributed by atoms with van der Waals surface area (Å²) in [6, 6.07) is 29.7. The van der Waals surface area contributed by atoms with Gasteiger partial charge in [-0.3, -0.25) is 9.59 Å². The molecule has 0 atom stereocenters. The molecule has 0 bridgehead atoms. The van der Waals surface area contributed by atoms with Gasteiger partial charge in [-0.1, -0.05) is 54.6 Å². The molecule has 0 unspecified atom stereocenters. The van der Waals surface area contributed by atoms with E-state index < -0.39 is 0 Å². The number of benzene rings is 4. The van der Waals surface area contributed by atoms with Gasteiger partial charge in [-0.2, -0.15) is 5.26 Å². The molecule has 0 aliphatic carbocycles. The van der Waals surface area contributed by atoms with Gasteiger partial charge >= 0.3 is 0 Å². The lowest BCUT2D eigenvalue weighted by molar-refractivity contribution is 0.0926. The summed E-state index contributed by atoms with van der Waals surface area (Å²) in [6.07, 6.45) is 0. The highest BCUT2D eigenvalue weighted by Gasteiger charge is 2.38. The third-order valence-electron chi connectivity index (χ3n) is 5.98. The van der Waals surface area contributed by atoms with Gasteiger partial charge in [0.05, 0.1) is 28.4 Å². The van der Waals surface area contributed by atoms with Crippen molar-refractivity contribution in [1.82, 2.24) is 0 Å². The average molecular weight is 444 g/mol. The van der Waals surface area contributed by atoms with Gasteiger partial charge in [0, 0.05) is 0 Å². The number of imide groups is 1. The van der Waals surface area contributed by atoms with Gasteiger partial charge in [-0.15, -0.1) is 0 Å². The standard InChI is InChI=1S/C29H20N2O3/c1-19-24(22-6-3-2-4-7-22)8-5-9-27(19)31-28(32)25-15-14-23(16-26(25)29(31)33)34-18-21-12-10-20(17-30)11-13-21/h2-16H,18H2,1H3. The zero-order valence-corrected chi connectivity index (χ0v) is 18.5. The molecule has 0 fully saturated rings. The normalized spacial score (nSPS) is 12.4. The van der Waals surface area contributed by atoms with E-state index in [1.54, 1.807) is 36.4 Å². The first kappa shape index (κ1) is 21.2. The van der Waals surface area contributed by atoms with Gasteiger partial charge in [0.25, 0.3) is 11.8 Å². The summed E-state index contributed by atoms with van der Waals surface area (Å²) in [4.78, 5) is 27.8. The highest BCUT2D eigenvalue weighted by Crippen LogP contribution is 2.36. The molecule has 0 spiro atoms. The van der Waals surface area contributed by atoms with Crippen molar-refractivity contribution in [2.75, 3.05) is 4.90 Å². The number of carbonyl (C=O) groups excluding carboxylic acids is 2. The monoisotopic (exact) mass is 444 g/mol. The molecule has 5 rings (SSSR count). The van der Waals surface area contributed by atoms with E-state index in [0.717, 1.165) is 22.3 Å². The van der Waals surface area contributed by atoms with Crippen LogP contribution in [0, 0.1) is 18.3 Å². The quantitative estimate of drug-likeness (QED) is 0.359. The van der Waals surface area contributed by atoms with Crippen LogP contribution in [0.25, 0.3) is 11.1 Å². The van der Waals surface area contributed by atoms with Crippen LogP contribution in [0.15, 0.2) is 91.0 Å². The highest BCUT2D eigenvalue weighted by molar-refractivity contribution is 6.34. The zero-order valence-electron chi connectivity index (χ0n) is 18.5. The lowest BCUT2D eigenvalue weighted by Crippen LogP contribution is -2.30. The molecule has 0 N–H and O–H groups in total. The van der Waals surface area contributed by atoms with Crippen LogP contribution in [0.2, 0.25) is 0 Å². The smallest absolute Gasteiger partial charge is 0.266 e. The molecule has 0 radical (unpaired) electrons. The van der Waals surface area contributed by atoms with Crippen molar-refractivity contribution in [3.8, 4) is 22.9 Å². The number of nitriles is 1. The maximum atomic E-state index is 13.3. The van der Waals surface area contributed by atoms with Crippen molar-refractivity contribution in [2.45, 2.75) is 13.5 Å². The predicted octanol–water partition coefficient (Wildman–Crippen LogP) is 5.91. The van der Waals surface area contributed by atoms with Gasteiger partial charge in [-0.25, -0.2) is 4.90 Å². The molecule has 2 amide bonds. The molecule has 4 aromatic carbocycles. The van der Waals surface area contributed by atoms with Crippen molar-refractivity contribution in [2.24, 2.45) is 0 Å². The summed E-state index contributed by atoms with van der Waals surface area (Å²) in [6.45, 7) is 2.21. The average Bonchev–Trinajstić information content (AvgIpc) is 3.13. The maximum Gasteiger partial charge on any atom is 0.266 e. The molecule has 1 heterocycles. The number of fused-ring (bicyclic) bond motifs is 1. The third-order valence-corrected chi connectivity index (χ3v) is 5.98. The summed E-state index contributed by atoms with van der Waals surface area (Å²) in [5.41, 5.74) is 5.60. The van der Waals surface area contributed by atoms with Crippen molar-refractivity contribution in [3.63, 3.8) is 0 Å². The number of rotatable bonds is 5. The molecule has 1 aliphatic heterocycles. The van der Waals surface area contributed by atoms with E-state index in [4.69, 9.17) is 10.00 Å². The fourth-order valence-corrected chi connectivity index (χ4v) is 4.17. The van der Waals surface area contributed by atoms with Crippen LogP contribution in [0.4, 0.5) is 5.69 Å². The first-order valence-corrected chi connectivity index (χ1v) is 10.9. The summed E-state index contributed by atoms with van der Waals surface area (Å²) < 4.78 is 5.85. The number of amides is 2. The second-order valence-electron chi connectivity index (χ2n) is 8.07. The van der Waals surface area contributed by atoms with E-state index >= 15 is 0 Å². The summed E-state index contributed by atoms with van der Waals surface area (Å²) in [7, 11) is 0. The highest BCUT2D eigenvalue weighted by atomic mass is 16.5. The van der Waals surface area contributed by atoms with Crippen LogP contribution in [0.5, 0.6) is 5.75 Å². The minimum atomic E-state index is -0.364. The molecule has 164 valence electrons. The summed E-state index contributed by atoms with van der Waals surface area (Å²) in [5, 5.41) is 8.92. The second kappa shape index (κ2) is 8.68. The Hall–Kier alpha value is -4.69. The molecule has 0 saturated carbocycles. The summed E-state index contributed by atoms with van der Waals surface area (Å²) in [5.74, 6) is -0.204. The van der Waals surface area contributed by atoms with E-state index in [-0.39, 0.29) is 18.4 Å². The molecule has 0 saturated heterocycles. The lowest BCUT2D eigenvalue weighted by Gasteiger charge is -2.19. The maximum absolute atomic E-state index is 13.3. The Balaban J connectivity index is 1.42. The molecular formula is C29H20N2O3. The van der Waals surface area contributed by atoms with E-state index in [2.05, 4.69) is 6.07 Å². The Labute approximate surface area is 197 Å². The van der Waals surface area contributed by atoms with Crippen molar-refractivity contribution < 1.29 is 14.3 Å². The molecule has 5 heteroatoms. The zero-order chi connectivity index (χ0) is 23.7. The molecule has 34 heavy (non-hydrogen) atoms. The van der Waals surface area contributed by atoms with Crippen LogP contribution < -0.4 is 9.64 Å². The number of anilines is 1. The van der Waals surface area contributed by atoms with Gasteiger partial charge in [0.15, 0.2) is 0 Å². The Kier molecular flexibility index (Phi) is 5.41. The van der Waals surface area contributed by atoms with E-state index in [0.29, 0.717) is 28.1 Å². The first-order valence-electron chi connectivity index (χ1n) is 10.9.